The number of rotatable bonds is 4. The van der Waals surface area contributed by atoms with Gasteiger partial charge in [0.15, 0.2) is 0 Å². The molecule has 0 amide bonds. The summed E-state index contributed by atoms with van der Waals surface area (Å²) in [5.74, 6) is -0.824. The molecule has 0 aliphatic rings. The van der Waals surface area contributed by atoms with Crippen molar-refractivity contribution in [3.8, 4) is 0 Å². The van der Waals surface area contributed by atoms with Gasteiger partial charge in [0.05, 0.1) is 5.56 Å². The number of nitrogens with zero attached hydrogens (tertiary/aromatic N) is 1. The van der Waals surface area contributed by atoms with E-state index in [2.05, 4.69) is 6.92 Å². The van der Waals surface area contributed by atoms with E-state index in [-0.39, 0.29) is 0 Å². The Labute approximate surface area is 84.4 Å². The molecule has 1 heterocycles. The van der Waals surface area contributed by atoms with Crippen molar-refractivity contribution in [3.63, 3.8) is 0 Å². The maximum Gasteiger partial charge on any atom is 0.337 e. The van der Waals surface area contributed by atoms with Crippen LogP contribution < -0.4 is 0 Å². The minimum absolute atomic E-state index is 0.459. The summed E-state index contributed by atoms with van der Waals surface area (Å²) in [6.07, 6.45) is 4.14. The van der Waals surface area contributed by atoms with Crippen LogP contribution in [-0.2, 0) is 6.54 Å². The molecule has 0 bridgehead atoms. The van der Waals surface area contributed by atoms with E-state index in [4.69, 9.17) is 5.11 Å². The lowest BCUT2D eigenvalue weighted by Crippen LogP contribution is -2.03. The Bertz CT molecular complexity index is 339. The standard InChI is InChI=1S/C11H17NO2/c1-4-5-6-12-7-8(2)10(9(12)3)11(13)14/h7H,4-6H2,1-3H3,(H,13,14). The van der Waals surface area contributed by atoms with Crippen LogP contribution in [0.25, 0.3) is 0 Å². The van der Waals surface area contributed by atoms with Gasteiger partial charge in [-0.15, -0.1) is 0 Å². The zero-order chi connectivity index (χ0) is 10.7. The van der Waals surface area contributed by atoms with Crippen LogP contribution in [0, 0.1) is 13.8 Å². The van der Waals surface area contributed by atoms with Crippen LogP contribution in [0.3, 0.4) is 0 Å². The highest BCUT2D eigenvalue weighted by Crippen LogP contribution is 2.16. The van der Waals surface area contributed by atoms with Gasteiger partial charge in [0.1, 0.15) is 0 Å². The lowest BCUT2D eigenvalue weighted by molar-refractivity contribution is 0.0695. The van der Waals surface area contributed by atoms with Gasteiger partial charge in [-0.1, -0.05) is 13.3 Å². The van der Waals surface area contributed by atoms with Crippen molar-refractivity contribution in [1.82, 2.24) is 4.57 Å². The molecule has 0 unspecified atom stereocenters. The number of aryl methyl sites for hydroxylation is 2. The predicted octanol–water partition coefficient (Wildman–Crippen LogP) is 2.60. The van der Waals surface area contributed by atoms with E-state index in [0.29, 0.717) is 5.56 Å². The Balaban J connectivity index is 2.98. The second-order valence-corrected chi connectivity index (χ2v) is 3.62. The van der Waals surface area contributed by atoms with Crippen LogP contribution in [-0.4, -0.2) is 15.6 Å². The fraction of sp³-hybridized carbons (Fsp3) is 0.545. The van der Waals surface area contributed by atoms with Crippen LogP contribution in [0.5, 0.6) is 0 Å². The molecule has 0 aromatic carbocycles. The monoisotopic (exact) mass is 195 g/mol. The Morgan fingerprint density at radius 3 is 2.57 bits per heavy atom. The number of hydrogen-bond donors (Lipinski definition) is 1. The third kappa shape index (κ3) is 1.97. The molecule has 3 nitrogen and oxygen atoms in total. The third-order valence-corrected chi connectivity index (χ3v) is 2.50. The maximum atomic E-state index is 10.9. The van der Waals surface area contributed by atoms with Gasteiger partial charge in [-0.05, 0) is 25.8 Å². The van der Waals surface area contributed by atoms with Crippen molar-refractivity contribution < 1.29 is 9.90 Å². The highest BCUT2D eigenvalue weighted by atomic mass is 16.4. The molecule has 14 heavy (non-hydrogen) atoms. The van der Waals surface area contributed by atoms with E-state index in [9.17, 15) is 4.79 Å². The molecule has 0 fully saturated rings. The van der Waals surface area contributed by atoms with Gasteiger partial charge >= 0.3 is 5.97 Å². The summed E-state index contributed by atoms with van der Waals surface area (Å²) in [6, 6.07) is 0. The van der Waals surface area contributed by atoms with Crippen LogP contribution in [0.4, 0.5) is 0 Å². The van der Waals surface area contributed by atoms with E-state index < -0.39 is 5.97 Å². The van der Waals surface area contributed by atoms with Crippen molar-refractivity contribution in [3.05, 3.63) is 23.0 Å². The van der Waals surface area contributed by atoms with Gasteiger partial charge in [0.25, 0.3) is 0 Å². The summed E-state index contributed by atoms with van der Waals surface area (Å²) < 4.78 is 2.03. The van der Waals surface area contributed by atoms with Crippen LogP contribution >= 0.6 is 0 Å². The number of unbranched alkanes of at least 4 members (excludes halogenated alkanes) is 1. The maximum absolute atomic E-state index is 10.9. The summed E-state index contributed by atoms with van der Waals surface area (Å²) in [4.78, 5) is 10.9. The lowest BCUT2D eigenvalue weighted by Gasteiger charge is -2.04. The zero-order valence-corrected chi connectivity index (χ0v) is 9.00. The van der Waals surface area contributed by atoms with E-state index >= 15 is 0 Å². The second-order valence-electron chi connectivity index (χ2n) is 3.62. The minimum atomic E-state index is -0.824. The number of carbonyl (C=O) groups is 1. The number of aromatic carboxylic acids is 1. The molecule has 0 saturated carbocycles. The Morgan fingerprint density at radius 2 is 2.14 bits per heavy atom. The number of carboxylic acids is 1. The third-order valence-electron chi connectivity index (χ3n) is 2.50. The summed E-state index contributed by atoms with van der Waals surface area (Å²) in [5.41, 5.74) is 2.18. The highest BCUT2D eigenvalue weighted by Gasteiger charge is 2.14. The van der Waals surface area contributed by atoms with Crippen molar-refractivity contribution >= 4 is 5.97 Å². The molecule has 1 rings (SSSR count). The molecule has 0 aliphatic carbocycles. The average molecular weight is 195 g/mol. The number of hydrogen-bond acceptors (Lipinski definition) is 1. The topological polar surface area (TPSA) is 42.2 Å². The van der Waals surface area contributed by atoms with Gasteiger partial charge in [-0.3, -0.25) is 0 Å². The largest absolute Gasteiger partial charge is 0.478 e. The molecule has 1 aromatic rings. The van der Waals surface area contributed by atoms with Crippen molar-refractivity contribution in [2.24, 2.45) is 0 Å². The van der Waals surface area contributed by atoms with Crippen LogP contribution in [0.15, 0.2) is 6.20 Å². The quantitative estimate of drug-likeness (QED) is 0.802. The molecule has 1 N–H and O–H groups in total. The fourth-order valence-corrected chi connectivity index (χ4v) is 1.71. The number of aromatic nitrogens is 1. The van der Waals surface area contributed by atoms with Gasteiger partial charge in [-0.25, -0.2) is 4.79 Å². The summed E-state index contributed by atoms with van der Waals surface area (Å²) in [5, 5.41) is 8.97. The predicted molar refractivity (Wildman–Crippen MR) is 55.8 cm³/mol. The first-order valence-electron chi connectivity index (χ1n) is 4.97. The Kier molecular flexibility index (Phi) is 3.33. The molecule has 0 aliphatic heterocycles. The van der Waals surface area contributed by atoms with Gasteiger partial charge in [0.2, 0.25) is 0 Å². The molecule has 0 saturated heterocycles. The Morgan fingerprint density at radius 1 is 1.50 bits per heavy atom. The first-order chi connectivity index (χ1) is 6.57. The summed E-state index contributed by atoms with van der Waals surface area (Å²) >= 11 is 0. The van der Waals surface area contributed by atoms with E-state index in [1.165, 1.54) is 0 Å². The SMILES string of the molecule is CCCCn1cc(C)c(C(=O)O)c1C. The Hall–Kier alpha value is -1.25. The smallest absolute Gasteiger partial charge is 0.337 e. The second kappa shape index (κ2) is 4.31. The molecular weight excluding hydrogens is 178 g/mol. The molecule has 0 radical (unpaired) electrons. The van der Waals surface area contributed by atoms with Gasteiger partial charge in [0, 0.05) is 18.4 Å². The fourth-order valence-electron chi connectivity index (χ4n) is 1.71. The van der Waals surface area contributed by atoms with Gasteiger partial charge in [-0.2, -0.15) is 0 Å². The minimum Gasteiger partial charge on any atom is -0.478 e. The lowest BCUT2D eigenvalue weighted by atomic mass is 10.2. The summed E-state index contributed by atoms with van der Waals surface area (Å²) in [6.45, 7) is 6.76. The van der Waals surface area contributed by atoms with Crippen molar-refractivity contribution in [2.45, 2.75) is 40.2 Å². The molecule has 0 spiro atoms. The average Bonchev–Trinajstić information content (AvgIpc) is 2.38. The van der Waals surface area contributed by atoms with Gasteiger partial charge < -0.3 is 9.67 Å². The van der Waals surface area contributed by atoms with Crippen molar-refractivity contribution in [1.29, 1.82) is 0 Å². The first-order valence-corrected chi connectivity index (χ1v) is 4.97. The van der Waals surface area contributed by atoms with Crippen LogP contribution in [0.2, 0.25) is 0 Å². The molecular formula is C11H17NO2. The molecule has 1 aromatic heterocycles. The molecule has 78 valence electrons. The molecule has 3 heteroatoms. The van der Waals surface area contributed by atoms with E-state index in [1.807, 2.05) is 24.6 Å². The number of carboxylic acid groups (broad SMARTS) is 1. The van der Waals surface area contributed by atoms with E-state index in [0.717, 1.165) is 30.6 Å². The highest BCUT2D eigenvalue weighted by molar-refractivity contribution is 5.90. The summed E-state index contributed by atoms with van der Waals surface area (Å²) in [7, 11) is 0. The normalized spacial score (nSPS) is 10.5. The van der Waals surface area contributed by atoms with Crippen LogP contribution in [0.1, 0.15) is 41.4 Å². The van der Waals surface area contributed by atoms with Crippen molar-refractivity contribution in [2.75, 3.05) is 0 Å². The van der Waals surface area contributed by atoms with E-state index in [1.54, 1.807) is 0 Å². The first kappa shape index (κ1) is 10.8. The zero-order valence-electron chi connectivity index (χ0n) is 9.00. The molecule has 0 atom stereocenters.